The number of piperidine rings is 1. The molecule has 0 aromatic rings. The molecular formula is C15H32N2O. The van der Waals surface area contributed by atoms with E-state index in [0.29, 0.717) is 12.6 Å². The highest BCUT2D eigenvalue weighted by molar-refractivity contribution is 4.80. The van der Waals surface area contributed by atoms with Gasteiger partial charge in [0.15, 0.2) is 0 Å². The van der Waals surface area contributed by atoms with Crippen molar-refractivity contribution < 1.29 is 5.11 Å². The van der Waals surface area contributed by atoms with Crippen molar-refractivity contribution in [3.05, 3.63) is 0 Å². The standard InChI is InChI=1S/C15H32N2O/c1-13(2)11-17-8-5-14(6-9-17)16-12-15(3,4)7-10-18/h13-14,16,18H,5-12H2,1-4H3. The van der Waals surface area contributed by atoms with Crippen LogP contribution in [0.25, 0.3) is 0 Å². The third-order valence-electron chi connectivity index (χ3n) is 3.87. The van der Waals surface area contributed by atoms with Gasteiger partial charge < -0.3 is 15.3 Å². The molecule has 18 heavy (non-hydrogen) atoms. The second kappa shape index (κ2) is 7.46. The first-order valence-corrected chi connectivity index (χ1v) is 7.49. The Morgan fingerprint density at radius 2 is 1.89 bits per heavy atom. The molecule has 0 amide bonds. The Morgan fingerprint density at radius 3 is 2.39 bits per heavy atom. The van der Waals surface area contributed by atoms with Crippen molar-refractivity contribution in [2.45, 2.75) is 53.0 Å². The Labute approximate surface area is 113 Å². The van der Waals surface area contributed by atoms with Gasteiger partial charge in [0.05, 0.1) is 0 Å². The van der Waals surface area contributed by atoms with Crippen molar-refractivity contribution in [3.8, 4) is 0 Å². The third kappa shape index (κ3) is 6.17. The SMILES string of the molecule is CC(C)CN1CCC(NCC(C)(C)CCO)CC1. The van der Waals surface area contributed by atoms with Gasteiger partial charge in [0.25, 0.3) is 0 Å². The maximum Gasteiger partial charge on any atom is 0.0436 e. The molecule has 1 aliphatic rings. The van der Waals surface area contributed by atoms with Crippen LogP contribution >= 0.6 is 0 Å². The monoisotopic (exact) mass is 256 g/mol. The van der Waals surface area contributed by atoms with Crippen molar-refractivity contribution in [2.24, 2.45) is 11.3 Å². The molecule has 1 saturated heterocycles. The van der Waals surface area contributed by atoms with E-state index in [2.05, 4.69) is 37.9 Å². The highest BCUT2D eigenvalue weighted by Crippen LogP contribution is 2.20. The summed E-state index contributed by atoms with van der Waals surface area (Å²) >= 11 is 0. The van der Waals surface area contributed by atoms with E-state index in [1.165, 1.54) is 32.5 Å². The van der Waals surface area contributed by atoms with Crippen LogP contribution in [0.15, 0.2) is 0 Å². The van der Waals surface area contributed by atoms with Gasteiger partial charge in [-0.25, -0.2) is 0 Å². The average Bonchev–Trinajstić information content (AvgIpc) is 2.27. The summed E-state index contributed by atoms with van der Waals surface area (Å²) in [6.07, 6.45) is 3.41. The number of aliphatic hydroxyl groups excluding tert-OH is 1. The maximum absolute atomic E-state index is 9.02. The summed E-state index contributed by atoms with van der Waals surface area (Å²) in [5, 5.41) is 12.7. The number of hydrogen-bond acceptors (Lipinski definition) is 3. The lowest BCUT2D eigenvalue weighted by atomic mass is 9.89. The summed E-state index contributed by atoms with van der Waals surface area (Å²) in [6.45, 7) is 14.1. The van der Waals surface area contributed by atoms with Gasteiger partial charge in [-0.05, 0) is 43.7 Å². The first-order chi connectivity index (χ1) is 8.43. The fraction of sp³-hybridized carbons (Fsp3) is 1.00. The fourth-order valence-corrected chi connectivity index (χ4v) is 2.65. The molecule has 0 aliphatic carbocycles. The molecule has 0 saturated carbocycles. The molecule has 0 atom stereocenters. The van der Waals surface area contributed by atoms with Crippen molar-refractivity contribution in [1.82, 2.24) is 10.2 Å². The quantitative estimate of drug-likeness (QED) is 0.732. The van der Waals surface area contributed by atoms with Crippen molar-refractivity contribution in [1.29, 1.82) is 0 Å². The predicted molar refractivity (Wildman–Crippen MR) is 77.8 cm³/mol. The van der Waals surface area contributed by atoms with Gasteiger partial charge in [0, 0.05) is 25.7 Å². The van der Waals surface area contributed by atoms with Gasteiger partial charge in [0.1, 0.15) is 0 Å². The molecule has 0 bridgehead atoms. The summed E-state index contributed by atoms with van der Waals surface area (Å²) in [5.74, 6) is 0.776. The molecule has 0 spiro atoms. The molecule has 1 heterocycles. The summed E-state index contributed by atoms with van der Waals surface area (Å²) in [6, 6.07) is 0.673. The molecule has 0 aromatic carbocycles. The predicted octanol–water partition coefficient (Wildman–Crippen LogP) is 2.10. The van der Waals surface area contributed by atoms with Crippen LogP contribution in [0.5, 0.6) is 0 Å². The largest absolute Gasteiger partial charge is 0.396 e. The van der Waals surface area contributed by atoms with Crippen LogP contribution in [0.2, 0.25) is 0 Å². The van der Waals surface area contributed by atoms with Gasteiger partial charge in [-0.1, -0.05) is 27.7 Å². The smallest absolute Gasteiger partial charge is 0.0436 e. The average molecular weight is 256 g/mol. The Kier molecular flexibility index (Phi) is 6.61. The topological polar surface area (TPSA) is 35.5 Å². The minimum atomic E-state index is 0.212. The van der Waals surface area contributed by atoms with Gasteiger partial charge in [0.2, 0.25) is 0 Å². The van der Waals surface area contributed by atoms with Crippen LogP contribution in [-0.4, -0.2) is 48.8 Å². The normalized spacial score (nSPS) is 19.7. The van der Waals surface area contributed by atoms with Gasteiger partial charge in [-0.3, -0.25) is 0 Å². The molecular weight excluding hydrogens is 224 g/mol. The summed E-state index contributed by atoms with van der Waals surface area (Å²) in [7, 11) is 0. The van der Waals surface area contributed by atoms with Crippen LogP contribution in [0.3, 0.4) is 0 Å². The second-order valence-electron chi connectivity index (χ2n) is 6.99. The maximum atomic E-state index is 9.02. The Bertz CT molecular complexity index is 221. The number of likely N-dealkylation sites (tertiary alicyclic amines) is 1. The van der Waals surface area contributed by atoms with Gasteiger partial charge >= 0.3 is 0 Å². The van der Waals surface area contributed by atoms with E-state index in [9.17, 15) is 0 Å². The minimum absolute atomic E-state index is 0.212. The zero-order chi connectivity index (χ0) is 13.6. The molecule has 3 heteroatoms. The highest BCUT2D eigenvalue weighted by Gasteiger charge is 2.22. The first-order valence-electron chi connectivity index (χ1n) is 7.49. The van der Waals surface area contributed by atoms with E-state index in [0.717, 1.165) is 18.9 Å². The first kappa shape index (κ1) is 15.9. The fourth-order valence-electron chi connectivity index (χ4n) is 2.65. The van der Waals surface area contributed by atoms with Gasteiger partial charge in [-0.2, -0.15) is 0 Å². The van der Waals surface area contributed by atoms with Crippen LogP contribution < -0.4 is 5.32 Å². The Balaban J connectivity index is 2.19. The molecule has 1 aliphatic heterocycles. The number of nitrogens with one attached hydrogen (secondary N) is 1. The minimum Gasteiger partial charge on any atom is -0.396 e. The lowest BCUT2D eigenvalue weighted by molar-refractivity contribution is 0.162. The molecule has 0 aromatic heterocycles. The van der Waals surface area contributed by atoms with E-state index in [1.807, 2.05) is 0 Å². The van der Waals surface area contributed by atoms with Crippen LogP contribution in [0.1, 0.15) is 47.0 Å². The molecule has 0 unspecified atom stereocenters. The summed E-state index contributed by atoms with van der Waals surface area (Å²) in [4.78, 5) is 2.59. The number of hydrogen-bond donors (Lipinski definition) is 2. The molecule has 0 radical (unpaired) electrons. The van der Waals surface area contributed by atoms with E-state index in [1.54, 1.807) is 0 Å². The Hall–Kier alpha value is -0.120. The lowest BCUT2D eigenvalue weighted by Gasteiger charge is -2.35. The van der Waals surface area contributed by atoms with E-state index in [4.69, 9.17) is 5.11 Å². The van der Waals surface area contributed by atoms with Crippen molar-refractivity contribution >= 4 is 0 Å². The zero-order valence-electron chi connectivity index (χ0n) is 12.7. The third-order valence-corrected chi connectivity index (χ3v) is 3.87. The van der Waals surface area contributed by atoms with Crippen LogP contribution in [0, 0.1) is 11.3 Å². The molecule has 1 rings (SSSR count). The zero-order valence-corrected chi connectivity index (χ0v) is 12.7. The molecule has 1 fully saturated rings. The number of aliphatic hydroxyl groups is 1. The van der Waals surface area contributed by atoms with E-state index < -0.39 is 0 Å². The lowest BCUT2D eigenvalue weighted by Crippen LogP contribution is -2.46. The highest BCUT2D eigenvalue weighted by atomic mass is 16.3. The number of nitrogens with zero attached hydrogens (tertiary/aromatic N) is 1. The Morgan fingerprint density at radius 1 is 1.28 bits per heavy atom. The molecule has 3 nitrogen and oxygen atoms in total. The molecule has 2 N–H and O–H groups in total. The summed E-state index contributed by atoms with van der Waals surface area (Å²) < 4.78 is 0. The van der Waals surface area contributed by atoms with E-state index in [-0.39, 0.29) is 5.41 Å². The summed E-state index contributed by atoms with van der Waals surface area (Å²) in [5.41, 5.74) is 0.212. The molecule has 108 valence electrons. The van der Waals surface area contributed by atoms with Crippen molar-refractivity contribution in [3.63, 3.8) is 0 Å². The van der Waals surface area contributed by atoms with Crippen LogP contribution in [0.4, 0.5) is 0 Å². The van der Waals surface area contributed by atoms with Crippen LogP contribution in [-0.2, 0) is 0 Å². The van der Waals surface area contributed by atoms with E-state index >= 15 is 0 Å². The number of rotatable bonds is 7. The second-order valence-corrected chi connectivity index (χ2v) is 6.99. The van der Waals surface area contributed by atoms with Crippen molar-refractivity contribution in [2.75, 3.05) is 32.8 Å². The van der Waals surface area contributed by atoms with Gasteiger partial charge in [-0.15, -0.1) is 0 Å².